The average Bonchev–Trinajstić information content (AvgIpc) is 2.65. The van der Waals surface area contributed by atoms with E-state index in [-0.39, 0.29) is 11.5 Å². The van der Waals surface area contributed by atoms with Crippen molar-refractivity contribution in [2.45, 2.75) is 32.4 Å². The van der Waals surface area contributed by atoms with Gasteiger partial charge in [-0.3, -0.25) is 9.89 Å². The molecule has 0 saturated carbocycles. The molecule has 0 bridgehead atoms. The lowest BCUT2D eigenvalue weighted by atomic mass is 9.91. The van der Waals surface area contributed by atoms with E-state index in [0.717, 1.165) is 16.8 Å². The Morgan fingerprint density at radius 1 is 1.24 bits per heavy atom. The summed E-state index contributed by atoms with van der Waals surface area (Å²) in [7, 11) is 0. The van der Waals surface area contributed by atoms with E-state index in [1.165, 1.54) is 0 Å². The fourth-order valence-corrected chi connectivity index (χ4v) is 1.87. The van der Waals surface area contributed by atoms with Gasteiger partial charge in [-0.15, -0.1) is 0 Å². The molecular weight excluding hydrogens is 285 g/mol. The Bertz CT molecular complexity index is 705. The summed E-state index contributed by atoms with van der Waals surface area (Å²) in [6, 6.07) is 1.98. The van der Waals surface area contributed by atoms with Gasteiger partial charge in [0.1, 0.15) is 5.69 Å². The normalized spacial score (nSPS) is 12.7. The lowest BCUT2D eigenvalue weighted by Crippen LogP contribution is -2.18. The first kappa shape index (κ1) is 15.1. The first-order valence-electron chi connectivity index (χ1n) is 6.16. The highest BCUT2D eigenvalue weighted by Crippen LogP contribution is 2.29. The third kappa shape index (κ3) is 2.79. The molecule has 0 unspecified atom stereocenters. The van der Waals surface area contributed by atoms with Gasteiger partial charge < -0.3 is 5.73 Å². The lowest BCUT2D eigenvalue weighted by Gasteiger charge is -2.16. The van der Waals surface area contributed by atoms with Gasteiger partial charge in [-0.1, -0.05) is 20.8 Å². The molecule has 2 aromatic rings. The summed E-state index contributed by atoms with van der Waals surface area (Å²) in [6.07, 6.45) is -3.79. The molecule has 0 spiro atoms. The molecule has 21 heavy (non-hydrogen) atoms. The summed E-state index contributed by atoms with van der Waals surface area (Å²) >= 11 is 0. The molecule has 0 radical (unpaired) electrons. The molecule has 0 amide bonds. The summed E-state index contributed by atoms with van der Waals surface area (Å²) in [6.45, 7) is 5.58. The maximum atomic E-state index is 12.5. The van der Waals surface area contributed by atoms with E-state index in [1.54, 1.807) is 0 Å². The number of aromatic nitrogens is 3. The lowest BCUT2D eigenvalue weighted by molar-refractivity contribution is -0.137. The summed E-state index contributed by atoms with van der Waals surface area (Å²) in [5.74, 6) is 0.0511. The molecule has 114 valence electrons. The number of alkyl halides is 3. The van der Waals surface area contributed by atoms with Crippen LogP contribution in [0.3, 0.4) is 0 Å². The number of halogens is 3. The average molecular weight is 300 g/mol. The van der Waals surface area contributed by atoms with Gasteiger partial charge in [0.05, 0.1) is 11.3 Å². The maximum Gasteiger partial charge on any atom is 0.417 e. The smallest absolute Gasteiger partial charge is 0.393 e. The molecule has 0 aliphatic rings. The minimum Gasteiger partial charge on any atom is -0.393 e. The van der Waals surface area contributed by atoms with Crippen LogP contribution in [0, 0.1) is 0 Å². The Balaban J connectivity index is 2.51. The van der Waals surface area contributed by atoms with Crippen LogP contribution in [-0.4, -0.2) is 14.8 Å². The van der Waals surface area contributed by atoms with Crippen molar-refractivity contribution in [3.63, 3.8) is 0 Å². The van der Waals surface area contributed by atoms with Gasteiger partial charge in [-0.05, 0) is 12.1 Å². The zero-order chi connectivity index (χ0) is 16.0. The SMILES string of the molecule is CC(C)(C)c1[nH]n(-c2ccc(C(F)(F)F)cn2)c(=O)c1N. The number of hydrogen-bond donors (Lipinski definition) is 2. The number of hydrogen-bond acceptors (Lipinski definition) is 3. The second kappa shape index (κ2) is 4.64. The predicted molar refractivity (Wildman–Crippen MR) is 72.3 cm³/mol. The highest BCUT2D eigenvalue weighted by Gasteiger charge is 2.31. The van der Waals surface area contributed by atoms with Crippen LogP contribution in [-0.2, 0) is 11.6 Å². The molecule has 5 nitrogen and oxygen atoms in total. The topological polar surface area (TPSA) is 76.7 Å². The van der Waals surface area contributed by atoms with Crippen LogP contribution in [0.5, 0.6) is 0 Å². The van der Waals surface area contributed by atoms with E-state index in [1.807, 2.05) is 20.8 Å². The largest absolute Gasteiger partial charge is 0.417 e. The van der Waals surface area contributed by atoms with E-state index in [4.69, 9.17) is 5.73 Å². The Labute approximate surface area is 118 Å². The zero-order valence-electron chi connectivity index (χ0n) is 11.7. The Morgan fingerprint density at radius 2 is 1.86 bits per heavy atom. The van der Waals surface area contributed by atoms with Crippen molar-refractivity contribution in [2.75, 3.05) is 5.73 Å². The van der Waals surface area contributed by atoms with Crippen LogP contribution < -0.4 is 11.3 Å². The molecule has 2 aromatic heterocycles. The molecular formula is C13H15F3N4O. The van der Waals surface area contributed by atoms with Gasteiger partial charge in [0.25, 0.3) is 5.56 Å². The Morgan fingerprint density at radius 3 is 2.24 bits per heavy atom. The van der Waals surface area contributed by atoms with Crippen LogP contribution in [0.1, 0.15) is 32.0 Å². The summed E-state index contributed by atoms with van der Waals surface area (Å²) in [5, 5.41) is 2.80. The van der Waals surface area contributed by atoms with E-state index in [9.17, 15) is 18.0 Å². The van der Waals surface area contributed by atoms with Gasteiger partial charge in [0.15, 0.2) is 5.82 Å². The fraction of sp³-hybridized carbons (Fsp3) is 0.385. The number of aromatic amines is 1. The summed E-state index contributed by atoms with van der Waals surface area (Å²) < 4.78 is 38.5. The third-order valence-electron chi connectivity index (χ3n) is 2.98. The molecule has 2 heterocycles. The van der Waals surface area contributed by atoms with Crippen LogP contribution in [0.4, 0.5) is 18.9 Å². The van der Waals surface area contributed by atoms with E-state index in [0.29, 0.717) is 11.9 Å². The number of nitrogen functional groups attached to an aromatic ring is 1. The van der Waals surface area contributed by atoms with Crippen LogP contribution in [0.25, 0.3) is 5.82 Å². The summed E-state index contributed by atoms with van der Waals surface area (Å²) in [5.41, 5.74) is 4.48. The number of pyridine rings is 1. The number of nitrogens with one attached hydrogen (secondary N) is 1. The first-order chi connectivity index (χ1) is 9.51. The van der Waals surface area contributed by atoms with Crippen molar-refractivity contribution in [2.24, 2.45) is 0 Å². The van der Waals surface area contributed by atoms with E-state index < -0.39 is 22.7 Å². The maximum absolute atomic E-state index is 12.5. The van der Waals surface area contributed by atoms with Crippen molar-refractivity contribution in [3.05, 3.63) is 39.9 Å². The van der Waals surface area contributed by atoms with Crippen LogP contribution in [0.2, 0.25) is 0 Å². The number of nitrogens with two attached hydrogens (primary N) is 1. The number of nitrogens with zero attached hydrogens (tertiary/aromatic N) is 2. The predicted octanol–water partition coefficient (Wildman–Crippen LogP) is 2.46. The van der Waals surface area contributed by atoms with Crippen molar-refractivity contribution >= 4 is 5.69 Å². The highest BCUT2D eigenvalue weighted by molar-refractivity contribution is 5.46. The van der Waals surface area contributed by atoms with Gasteiger partial charge in [0.2, 0.25) is 0 Å². The molecule has 0 fully saturated rings. The molecule has 0 saturated heterocycles. The fourth-order valence-electron chi connectivity index (χ4n) is 1.87. The van der Waals surface area contributed by atoms with Crippen molar-refractivity contribution in [3.8, 4) is 5.82 Å². The Hall–Kier alpha value is -2.25. The quantitative estimate of drug-likeness (QED) is 0.849. The molecule has 8 heteroatoms. The summed E-state index contributed by atoms with van der Waals surface area (Å²) in [4.78, 5) is 15.7. The highest BCUT2D eigenvalue weighted by atomic mass is 19.4. The van der Waals surface area contributed by atoms with Crippen molar-refractivity contribution in [1.29, 1.82) is 0 Å². The van der Waals surface area contributed by atoms with Crippen LogP contribution in [0.15, 0.2) is 23.1 Å². The number of rotatable bonds is 1. The van der Waals surface area contributed by atoms with Crippen molar-refractivity contribution < 1.29 is 13.2 Å². The second-order valence-electron chi connectivity index (χ2n) is 5.69. The Kier molecular flexibility index (Phi) is 3.35. The van der Waals surface area contributed by atoms with Gasteiger partial charge in [-0.25, -0.2) is 4.98 Å². The molecule has 0 aliphatic carbocycles. The van der Waals surface area contributed by atoms with Gasteiger partial charge >= 0.3 is 6.18 Å². The molecule has 3 N–H and O–H groups in total. The first-order valence-corrected chi connectivity index (χ1v) is 6.16. The van der Waals surface area contributed by atoms with E-state index >= 15 is 0 Å². The minimum absolute atomic E-state index is 0.0317. The standard InChI is InChI=1S/C13H15F3N4O/c1-12(2,3)10-9(17)11(21)20(19-10)8-5-4-7(6-18-8)13(14,15)16/h4-6,19H,17H2,1-3H3. The second-order valence-corrected chi connectivity index (χ2v) is 5.69. The molecule has 0 aromatic carbocycles. The van der Waals surface area contributed by atoms with Gasteiger partial charge in [0, 0.05) is 11.6 Å². The minimum atomic E-state index is -4.47. The number of anilines is 1. The monoisotopic (exact) mass is 300 g/mol. The van der Waals surface area contributed by atoms with Crippen molar-refractivity contribution in [1.82, 2.24) is 14.8 Å². The molecule has 0 aliphatic heterocycles. The molecule has 0 atom stereocenters. The van der Waals surface area contributed by atoms with Crippen LogP contribution >= 0.6 is 0 Å². The zero-order valence-corrected chi connectivity index (χ0v) is 11.7. The van der Waals surface area contributed by atoms with Gasteiger partial charge in [-0.2, -0.15) is 17.9 Å². The van der Waals surface area contributed by atoms with E-state index in [2.05, 4.69) is 10.1 Å². The molecule has 2 rings (SSSR count). The third-order valence-corrected chi connectivity index (χ3v) is 2.98. The number of H-pyrrole nitrogens is 1.